The summed E-state index contributed by atoms with van der Waals surface area (Å²) in [5.41, 5.74) is 1.39. The lowest BCUT2D eigenvalue weighted by Gasteiger charge is -2.17. The number of aromatic nitrogens is 2. The number of aromatic hydroxyl groups is 1. The Labute approximate surface area is 199 Å². The van der Waals surface area contributed by atoms with Gasteiger partial charge in [0, 0.05) is 35.2 Å². The first-order valence-electron chi connectivity index (χ1n) is 10.5. The van der Waals surface area contributed by atoms with E-state index in [1.54, 1.807) is 12.1 Å². The number of aromatic amines is 1. The minimum absolute atomic E-state index is 0.00215. The number of hydrogen-bond acceptors (Lipinski definition) is 7. The van der Waals surface area contributed by atoms with Crippen molar-refractivity contribution in [2.75, 3.05) is 0 Å². The summed E-state index contributed by atoms with van der Waals surface area (Å²) < 4.78 is 1.68. The van der Waals surface area contributed by atoms with Gasteiger partial charge in [0.25, 0.3) is 11.2 Å². The fourth-order valence-corrected chi connectivity index (χ4v) is 5.23. The van der Waals surface area contributed by atoms with Crippen LogP contribution >= 0.6 is 24.0 Å². The average molecular weight is 483 g/mol. The monoisotopic (exact) mass is 482 g/mol. The number of thioether (sulfide) groups is 1. The molecule has 1 aromatic heterocycles. The molecule has 2 heterocycles. The summed E-state index contributed by atoms with van der Waals surface area (Å²) in [6.07, 6.45) is 1.98. The predicted octanol–water partition coefficient (Wildman–Crippen LogP) is 5.68. The lowest BCUT2D eigenvalue weighted by atomic mass is 10.0. The van der Waals surface area contributed by atoms with Crippen LogP contribution in [-0.4, -0.2) is 25.3 Å². The molecule has 0 aliphatic carbocycles. The molecule has 0 fully saturated rings. The maximum absolute atomic E-state index is 12.9. The number of aliphatic imine (C=N–C) groups is 1. The molecule has 10 heteroatoms. The number of nitro benzene ring substituents is 1. The van der Waals surface area contributed by atoms with Gasteiger partial charge in [0.1, 0.15) is 5.56 Å². The highest BCUT2D eigenvalue weighted by Crippen LogP contribution is 2.46. The topological polar surface area (TPSA) is 114 Å². The van der Waals surface area contributed by atoms with Crippen LogP contribution in [0.1, 0.15) is 42.6 Å². The molecule has 0 bridgehead atoms. The molecule has 1 atom stereocenters. The molecule has 170 valence electrons. The Morgan fingerprint density at radius 1 is 1.30 bits per heavy atom. The Morgan fingerprint density at radius 3 is 2.85 bits per heavy atom. The average Bonchev–Trinajstić information content (AvgIpc) is 2.98. The molecule has 8 nitrogen and oxygen atoms in total. The number of fused-ring (bicyclic) bond motifs is 1. The number of benzene rings is 2. The highest BCUT2D eigenvalue weighted by Gasteiger charge is 2.27. The fraction of sp³-hybridized carbons (Fsp3) is 0.261. The Balaban J connectivity index is 1.87. The number of nitrogens with one attached hydrogen (secondary N) is 1. The normalized spacial score (nSPS) is 15.4. The van der Waals surface area contributed by atoms with Gasteiger partial charge in [0.15, 0.2) is 4.77 Å². The third-order valence-corrected chi connectivity index (χ3v) is 7.06. The zero-order valence-electron chi connectivity index (χ0n) is 17.9. The van der Waals surface area contributed by atoms with Crippen molar-refractivity contribution < 1.29 is 10.0 Å². The van der Waals surface area contributed by atoms with E-state index in [1.165, 1.54) is 22.4 Å². The third kappa shape index (κ3) is 4.76. The third-order valence-electron chi connectivity index (χ3n) is 5.42. The van der Waals surface area contributed by atoms with Crippen LogP contribution in [0, 0.1) is 14.9 Å². The summed E-state index contributed by atoms with van der Waals surface area (Å²) in [5.74, 6) is -0.210. The quantitative estimate of drug-likeness (QED) is 0.266. The lowest BCUT2D eigenvalue weighted by molar-refractivity contribution is -0.384. The van der Waals surface area contributed by atoms with E-state index in [2.05, 4.69) is 4.98 Å². The van der Waals surface area contributed by atoms with E-state index in [0.29, 0.717) is 24.4 Å². The molecule has 0 saturated heterocycles. The van der Waals surface area contributed by atoms with Crippen molar-refractivity contribution in [3.8, 4) is 5.88 Å². The van der Waals surface area contributed by atoms with Gasteiger partial charge in [-0.05, 0) is 36.3 Å². The van der Waals surface area contributed by atoms with Gasteiger partial charge in [0.2, 0.25) is 5.88 Å². The van der Waals surface area contributed by atoms with Crippen LogP contribution < -0.4 is 5.56 Å². The van der Waals surface area contributed by atoms with Crippen LogP contribution in [0.2, 0.25) is 0 Å². The van der Waals surface area contributed by atoms with E-state index in [9.17, 15) is 20.0 Å². The van der Waals surface area contributed by atoms with Crippen LogP contribution in [0.3, 0.4) is 0 Å². The smallest absolute Gasteiger partial charge is 0.269 e. The molecule has 2 aromatic carbocycles. The highest BCUT2D eigenvalue weighted by atomic mass is 32.2. The highest BCUT2D eigenvalue weighted by molar-refractivity contribution is 7.99. The number of para-hydroxylation sites is 1. The first-order chi connectivity index (χ1) is 15.9. The first kappa shape index (κ1) is 22.9. The van der Waals surface area contributed by atoms with Crippen LogP contribution in [0.25, 0.3) is 0 Å². The van der Waals surface area contributed by atoms with Gasteiger partial charge in [-0.15, -0.1) is 11.8 Å². The summed E-state index contributed by atoms with van der Waals surface area (Å²) in [7, 11) is 0. The van der Waals surface area contributed by atoms with Crippen LogP contribution in [0.15, 0.2) is 63.2 Å². The number of nitro groups is 1. The second-order valence-electron chi connectivity index (χ2n) is 7.65. The Morgan fingerprint density at radius 2 is 2.09 bits per heavy atom. The van der Waals surface area contributed by atoms with Crippen molar-refractivity contribution in [2.24, 2.45) is 4.99 Å². The number of non-ortho nitro benzene ring substituents is 1. The number of hydrogen-bond donors (Lipinski definition) is 2. The van der Waals surface area contributed by atoms with Crippen LogP contribution in [0.4, 0.5) is 11.4 Å². The second-order valence-corrected chi connectivity index (χ2v) is 9.28. The van der Waals surface area contributed by atoms with Crippen molar-refractivity contribution in [1.82, 2.24) is 9.55 Å². The molecule has 0 unspecified atom stereocenters. The second kappa shape index (κ2) is 9.72. The van der Waals surface area contributed by atoms with Gasteiger partial charge in [-0.1, -0.05) is 37.6 Å². The molecule has 33 heavy (non-hydrogen) atoms. The van der Waals surface area contributed by atoms with Gasteiger partial charge in [-0.3, -0.25) is 29.5 Å². The van der Waals surface area contributed by atoms with E-state index in [0.717, 1.165) is 23.3 Å². The summed E-state index contributed by atoms with van der Waals surface area (Å²) >= 11 is 6.79. The molecule has 1 aliphatic rings. The summed E-state index contributed by atoms with van der Waals surface area (Å²) in [5, 5.41) is 22.1. The van der Waals surface area contributed by atoms with Gasteiger partial charge < -0.3 is 5.11 Å². The SMILES string of the molecule is CCCCn1c(O)c(C2=Nc3ccccc3S[C@@H](c3cccc([N+](=O)[O-])c3)C2)c(=O)[nH]c1=S. The molecular weight excluding hydrogens is 460 g/mol. The zero-order chi connectivity index (χ0) is 23.5. The summed E-state index contributed by atoms with van der Waals surface area (Å²) in [6.45, 7) is 2.50. The van der Waals surface area contributed by atoms with Crippen molar-refractivity contribution in [3.63, 3.8) is 0 Å². The summed E-state index contributed by atoms with van der Waals surface area (Å²) in [4.78, 5) is 32.1. The lowest BCUT2D eigenvalue weighted by Crippen LogP contribution is -2.24. The molecule has 2 N–H and O–H groups in total. The van der Waals surface area contributed by atoms with Gasteiger partial charge in [-0.25, -0.2) is 0 Å². The minimum Gasteiger partial charge on any atom is -0.494 e. The molecule has 0 spiro atoms. The number of unbranched alkanes of at least 4 members (excludes halogenated alkanes) is 1. The Hall–Kier alpha value is -3.24. The summed E-state index contributed by atoms with van der Waals surface area (Å²) in [6, 6.07) is 14.0. The maximum Gasteiger partial charge on any atom is 0.269 e. The first-order valence-corrected chi connectivity index (χ1v) is 11.8. The maximum atomic E-state index is 12.9. The molecule has 0 amide bonds. The molecular formula is C23H22N4O4S2. The van der Waals surface area contributed by atoms with Crippen LogP contribution in [-0.2, 0) is 6.54 Å². The molecule has 4 rings (SSSR count). The molecule has 0 saturated carbocycles. The number of H-pyrrole nitrogens is 1. The van der Waals surface area contributed by atoms with Crippen molar-refractivity contribution in [2.45, 2.75) is 42.9 Å². The van der Waals surface area contributed by atoms with Gasteiger partial charge in [-0.2, -0.15) is 0 Å². The van der Waals surface area contributed by atoms with Gasteiger partial charge in [0.05, 0.1) is 16.3 Å². The van der Waals surface area contributed by atoms with E-state index >= 15 is 0 Å². The van der Waals surface area contributed by atoms with E-state index < -0.39 is 10.5 Å². The standard InChI is InChI=1S/C23H22N4O4S2/c1-2-3-11-26-22(29)20(21(28)25-23(26)32)17-13-19(14-7-6-8-15(12-14)27(30)31)33-18-10-5-4-9-16(18)24-17/h4-10,12,19,29H,2-3,11,13H2,1H3,(H,25,28,32)/t19-/m1/s1. The van der Waals surface area contributed by atoms with Crippen molar-refractivity contribution in [1.29, 1.82) is 0 Å². The minimum atomic E-state index is -0.508. The molecule has 1 aliphatic heterocycles. The Bertz CT molecular complexity index is 1360. The molecule has 0 radical (unpaired) electrons. The predicted molar refractivity (Wildman–Crippen MR) is 131 cm³/mol. The fourth-order valence-electron chi connectivity index (χ4n) is 3.74. The van der Waals surface area contributed by atoms with E-state index in [4.69, 9.17) is 17.2 Å². The van der Waals surface area contributed by atoms with Crippen LogP contribution in [0.5, 0.6) is 5.88 Å². The van der Waals surface area contributed by atoms with Crippen molar-refractivity contribution in [3.05, 3.63) is 84.9 Å². The molecule has 3 aromatic rings. The largest absolute Gasteiger partial charge is 0.494 e. The Kier molecular flexibility index (Phi) is 6.75. The van der Waals surface area contributed by atoms with Crippen molar-refractivity contribution >= 4 is 41.1 Å². The zero-order valence-corrected chi connectivity index (χ0v) is 19.5. The number of nitrogens with zero attached hydrogens (tertiary/aromatic N) is 3. The van der Waals surface area contributed by atoms with E-state index in [-0.39, 0.29) is 27.2 Å². The van der Waals surface area contributed by atoms with E-state index in [1.807, 2.05) is 37.3 Å². The van der Waals surface area contributed by atoms with Gasteiger partial charge >= 0.3 is 0 Å². The number of rotatable bonds is 6.